The molecular weight excluding hydrogens is 236 g/mol. The van der Waals surface area contributed by atoms with Gasteiger partial charge < -0.3 is 15.0 Å². The van der Waals surface area contributed by atoms with Crippen LogP contribution < -0.4 is 10.1 Å². The topological polar surface area (TPSA) is 37.0 Å². The first kappa shape index (κ1) is 12.3. The lowest BCUT2D eigenvalue weighted by Crippen LogP contribution is -2.20. The van der Waals surface area contributed by atoms with Crippen molar-refractivity contribution in [3.8, 4) is 5.75 Å². The highest BCUT2D eigenvalue weighted by molar-refractivity contribution is 5.96. The molecule has 2 heterocycles. The molecule has 3 heteroatoms. The predicted molar refractivity (Wildman–Crippen MR) is 79.8 cm³/mol. The largest absolute Gasteiger partial charge is 0.497 e. The molecular formula is C16H20N2O. The number of hydrogen-bond donors (Lipinski definition) is 2. The van der Waals surface area contributed by atoms with Crippen molar-refractivity contribution in [3.63, 3.8) is 0 Å². The van der Waals surface area contributed by atoms with Crippen molar-refractivity contribution in [2.45, 2.75) is 20.3 Å². The fraction of sp³-hybridized carbons (Fsp3) is 0.375. The highest BCUT2D eigenvalue weighted by atomic mass is 16.5. The standard InChI is InChI=1S/C16H20N2O/c1-10-8-13(19-3)9-14-15(11(2)18-16(10)14)12-4-6-17-7-5-12/h4,8-9,17-18H,5-7H2,1-3H3. The number of aromatic amines is 1. The van der Waals surface area contributed by atoms with E-state index in [0.717, 1.165) is 25.3 Å². The number of H-pyrrole nitrogens is 1. The molecule has 0 saturated carbocycles. The van der Waals surface area contributed by atoms with E-state index >= 15 is 0 Å². The van der Waals surface area contributed by atoms with Crippen LogP contribution in [-0.2, 0) is 0 Å². The van der Waals surface area contributed by atoms with Crippen LogP contribution in [0.4, 0.5) is 0 Å². The number of aryl methyl sites for hydroxylation is 2. The van der Waals surface area contributed by atoms with E-state index in [1.807, 2.05) is 0 Å². The second-order valence-electron chi connectivity index (χ2n) is 5.18. The summed E-state index contributed by atoms with van der Waals surface area (Å²) in [5.41, 5.74) is 6.51. The molecule has 0 radical (unpaired) electrons. The number of aromatic nitrogens is 1. The summed E-state index contributed by atoms with van der Waals surface area (Å²) in [6.45, 7) is 6.30. The number of nitrogens with one attached hydrogen (secondary N) is 2. The molecule has 0 amide bonds. The Morgan fingerprint density at radius 2 is 2.05 bits per heavy atom. The van der Waals surface area contributed by atoms with Crippen LogP contribution in [0.5, 0.6) is 5.75 Å². The van der Waals surface area contributed by atoms with E-state index in [1.165, 1.54) is 33.3 Å². The molecule has 0 fully saturated rings. The number of hydrogen-bond acceptors (Lipinski definition) is 2. The first-order chi connectivity index (χ1) is 9.20. The van der Waals surface area contributed by atoms with E-state index in [9.17, 15) is 0 Å². The second-order valence-corrected chi connectivity index (χ2v) is 5.18. The van der Waals surface area contributed by atoms with Crippen LogP contribution in [0, 0.1) is 13.8 Å². The first-order valence-corrected chi connectivity index (χ1v) is 6.77. The van der Waals surface area contributed by atoms with E-state index in [2.05, 4.69) is 42.4 Å². The van der Waals surface area contributed by atoms with Crippen molar-refractivity contribution in [2.24, 2.45) is 0 Å². The zero-order valence-corrected chi connectivity index (χ0v) is 11.8. The zero-order valence-electron chi connectivity index (χ0n) is 11.8. The summed E-state index contributed by atoms with van der Waals surface area (Å²) >= 11 is 0. The fourth-order valence-electron chi connectivity index (χ4n) is 2.95. The third-order valence-corrected chi connectivity index (χ3v) is 3.89. The Balaban J connectivity index is 2.25. The Labute approximate surface area is 113 Å². The van der Waals surface area contributed by atoms with Crippen molar-refractivity contribution in [3.05, 3.63) is 35.0 Å². The van der Waals surface area contributed by atoms with Crippen LogP contribution in [0.2, 0.25) is 0 Å². The summed E-state index contributed by atoms with van der Waals surface area (Å²) < 4.78 is 5.41. The molecule has 0 bridgehead atoms. The van der Waals surface area contributed by atoms with Crippen molar-refractivity contribution in [1.82, 2.24) is 10.3 Å². The van der Waals surface area contributed by atoms with Gasteiger partial charge in [-0.05, 0) is 50.1 Å². The number of methoxy groups -OCH3 is 1. The number of ether oxygens (including phenoxy) is 1. The molecule has 1 aliphatic rings. The number of fused-ring (bicyclic) bond motifs is 1. The van der Waals surface area contributed by atoms with Gasteiger partial charge in [-0.2, -0.15) is 0 Å². The van der Waals surface area contributed by atoms with Crippen LogP contribution in [0.25, 0.3) is 16.5 Å². The van der Waals surface area contributed by atoms with Gasteiger partial charge in [-0.1, -0.05) is 6.08 Å². The highest BCUT2D eigenvalue weighted by Gasteiger charge is 2.16. The molecule has 0 spiro atoms. The summed E-state index contributed by atoms with van der Waals surface area (Å²) in [5.74, 6) is 0.930. The Morgan fingerprint density at radius 3 is 2.74 bits per heavy atom. The smallest absolute Gasteiger partial charge is 0.119 e. The molecule has 0 saturated heterocycles. The average Bonchev–Trinajstić information content (AvgIpc) is 2.76. The lowest BCUT2D eigenvalue weighted by molar-refractivity contribution is 0.415. The SMILES string of the molecule is COc1cc(C)c2[nH]c(C)c(C3=CCNCC3)c2c1. The molecule has 1 aliphatic heterocycles. The minimum Gasteiger partial charge on any atom is -0.497 e. The molecule has 0 atom stereocenters. The van der Waals surface area contributed by atoms with Gasteiger partial charge in [0.25, 0.3) is 0 Å². The Kier molecular flexibility index (Phi) is 3.07. The fourth-order valence-corrected chi connectivity index (χ4v) is 2.95. The molecule has 2 N–H and O–H groups in total. The van der Waals surface area contributed by atoms with Gasteiger partial charge in [-0.3, -0.25) is 0 Å². The summed E-state index contributed by atoms with van der Waals surface area (Å²) in [6, 6.07) is 4.23. The first-order valence-electron chi connectivity index (χ1n) is 6.77. The van der Waals surface area contributed by atoms with Crippen LogP contribution in [-0.4, -0.2) is 25.2 Å². The van der Waals surface area contributed by atoms with Gasteiger partial charge in [-0.15, -0.1) is 0 Å². The molecule has 19 heavy (non-hydrogen) atoms. The predicted octanol–water partition coefficient (Wildman–Crippen LogP) is 3.17. The van der Waals surface area contributed by atoms with Crippen molar-refractivity contribution in [2.75, 3.05) is 20.2 Å². The number of rotatable bonds is 2. The van der Waals surface area contributed by atoms with Gasteiger partial charge in [0.05, 0.1) is 7.11 Å². The lowest BCUT2D eigenvalue weighted by Gasteiger charge is -2.14. The van der Waals surface area contributed by atoms with E-state index in [1.54, 1.807) is 7.11 Å². The van der Waals surface area contributed by atoms with E-state index in [0.29, 0.717) is 0 Å². The highest BCUT2D eigenvalue weighted by Crippen LogP contribution is 2.34. The molecule has 0 unspecified atom stereocenters. The normalized spacial score (nSPS) is 15.6. The summed E-state index contributed by atoms with van der Waals surface area (Å²) in [5, 5.41) is 4.65. The van der Waals surface area contributed by atoms with Crippen molar-refractivity contribution >= 4 is 16.5 Å². The Bertz CT molecular complexity index is 652. The van der Waals surface area contributed by atoms with E-state index in [4.69, 9.17) is 4.74 Å². The zero-order chi connectivity index (χ0) is 13.4. The summed E-state index contributed by atoms with van der Waals surface area (Å²) in [6.07, 6.45) is 3.39. The minimum absolute atomic E-state index is 0.930. The van der Waals surface area contributed by atoms with Crippen LogP contribution in [0.3, 0.4) is 0 Å². The van der Waals surface area contributed by atoms with Crippen molar-refractivity contribution in [1.29, 1.82) is 0 Å². The molecule has 0 aliphatic carbocycles. The minimum atomic E-state index is 0.930. The van der Waals surface area contributed by atoms with Gasteiger partial charge >= 0.3 is 0 Å². The maximum Gasteiger partial charge on any atom is 0.119 e. The summed E-state index contributed by atoms with van der Waals surface area (Å²) in [7, 11) is 1.73. The lowest BCUT2D eigenvalue weighted by atomic mass is 9.96. The third kappa shape index (κ3) is 2.04. The molecule has 100 valence electrons. The Hall–Kier alpha value is -1.74. The van der Waals surface area contributed by atoms with E-state index in [-0.39, 0.29) is 0 Å². The second kappa shape index (κ2) is 4.74. The third-order valence-electron chi connectivity index (χ3n) is 3.89. The Morgan fingerprint density at radius 1 is 1.21 bits per heavy atom. The molecule has 3 nitrogen and oxygen atoms in total. The van der Waals surface area contributed by atoms with Gasteiger partial charge in [0.15, 0.2) is 0 Å². The van der Waals surface area contributed by atoms with Crippen LogP contribution in [0.15, 0.2) is 18.2 Å². The van der Waals surface area contributed by atoms with E-state index < -0.39 is 0 Å². The average molecular weight is 256 g/mol. The maximum absolute atomic E-state index is 5.41. The summed E-state index contributed by atoms with van der Waals surface area (Å²) in [4.78, 5) is 3.53. The van der Waals surface area contributed by atoms with Gasteiger partial charge in [-0.25, -0.2) is 0 Å². The molecule has 1 aromatic carbocycles. The van der Waals surface area contributed by atoms with Gasteiger partial charge in [0, 0.05) is 28.7 Å². The van der Waals surface area contributed by atoms with Gasteiger partial charge in [0.1, 0.15) is 5.75 Å². The van der Waals surface area contributed by atoms with Crippen molar-refractivity contribution < 1.29 is 4.74 Å². The number of benzene rings is 1. The molecule has 3 rings (SSSR count). The quantitative estimate of drug-likeness (QED) is 0.866. The van der Waals surface area contributed by atoms with Crippen LogP contribution in [0.1, 0.15) is 23.2 Å². The molecule has 1 aromatic heterocycles. The van der Waals surface area contributed by atoms with Gasteiger partial charge in [0.2, 0.25) is 0 Å². The maximum atomic E-state index is 5.41. The van der Waals surface area contributed by atoms with Crippen LogP contribution >= 0.6 is 0 Å². The monoisotopic (exact) mass is 256 g/mol. The molecule has 2 aromatic rings.